The Labute approximate surface area is 179 Å². The number of nitro benzene ring substituents is 1. The summed E-state index contributed by atoms with van der Waals surface area (Å²) in [7, 11) is 3.89. The van der Waals surface area contributed by atoms with Gasteiger partial charge in [0.25, 0.3) is 11.8 Å². The van der Waals surface area contributed by atoms with Crippen LogP contribution in [-0.2, 0) is 0 Å². The molecule has 0 bridgehead atoms. The summed E-state index contributed by atoms with van der Waals surface area (Å²) < 4.78 is 15.5. The number of nitrogens with zero attached hydrogens (tertiary/aromatic N) is 2. The minimum Gasteiger partial charge on any atom is -0.493 e. The van der Waals surface area contributed by atoms with E-state index in [9.17, 15) is 19.7 Å². The Morgan fingerprint density at radius 1 is 1.00 bits per heavy atom. The smallest absolute Gasteiger partial charge is 0.327 e. The second-order valence-corrected chi connectivity index (χ2v) is 6.31. The predicted molar refractivity (Wildman–Crippen MR) is 114 cm³/mol. The van der Waals surface area contributed by atoms with Crippen molar-refractivity contribution in [2.75, 3.05) is 39.7 Å². The molecule has 166 valence electrons. The van der Waals surface area contributed by atoms with E-state index >= 15 is 0 Å². The Kier molecular flexibility index (Phi) is 7.78. The molecule has 0 aliphatic rings. The fourth-order valence-corrected chi connectivity index (χ4v) is 3.08. The van der Waals surface area contributed by atoms with Crippen LogP contribution >= 0.6 is 0 Å². The predicted octanol–water partition coefficient (Wildman–Crippen LogP) is 3.35. The molecule has 0 saturated carbocycles. The van der Waals surface area contributed by atoms with E-state index in [4.69, 9.17) is 14.2 Å². The van der Waals surface area contributed by atoms with Gasteiger partial charge in [0.15, 0.2) is 5.75 Å². The summed E-state index contributed by atoms with van der Waals surface area (Å²) in [4.78, 5) is 37.9. The van der Waals surface area contributed by atoms with Crippen LogP contribution in [0.25, 0.3) is 0 Å². The molecule has 0 unspecified atom stereocenters. The standard InChI is InChI=1S/C21H25N3O7/c1-6-23(7-2)21(26)13-8-10-14(11-9-13)22-20(25)15-12-16(29-3)18(30-4)19(31-5)17(15)24(27)28/h8-12H,6-7H2,1-5H3,(H,22,25). The lowest BCUT2D eigenvalue weighted by Gasteiger charge is -2.18. The van der Waals surface area contributed by atoms with Crippen molar-refractivity contribution in [2.24, 2.45) is 0 Å². The van der Waals surface area contributed by atoms with Gasteiger partial charge in [-0.15, -0.1) is 0 Å². The van der Waals surface area contributed by atoms with Gasteiger partial charge in [-0.05, 0) is 38.1 Å². The van der Waals surface area contributed by atoms with Crippen molar-refractivity contribution in [1.82, 2.24) is 4.90 Å². The number of carbonyl (C=O) groups is 2. The monoisotopic (exact) mass is 431 g/mol. The number of hydrogen-bond acceptors (Lipinski definition) is 7. The SMILES string of the molecule is CCN(CC)C(=O)c1ccc(NC(=O)c2cc(OC)c(OC)c(OC)c2[N+](=O)[O-])cc1. The highest BCUT2D eigenvalue weighted by atomic mass is 16.6. The third-order valence-electron chi connectivity index (χ3n) is 4.67. The number of nitro groups is 1. The number of anilines is 1. The van der Waals surface area contributed by atoms with Crippen molar-refractivity contribution in [1.29, 1.82) is 0 Å². The fraction of sp³-hybridized carbons (Fsp3) is 0.333. The van der Waals surface area contributed by atoms with E-state index in [0.717, 1.165) is 0 Å². The van der Waals surface area contributed by atoms with Crippen molar-refractivity contribution < 1.29 is 28.7 Å². The average Bonchev–Trinajstić information content (AvgIpc) is 2.78. The van der Waals surface area contributed by atoms with E-state index in [0.29, 0.717) is 24.3 Å². The van der Waals surface area contributed by atoms with E-state index < -0.39 is 16.5 Å². The Morgan fingerprint density at radius 3 is 2.03 bits per heavy atom. The van der Waals surface area contributed by atoms with Crippen LogP contribution < -0.4 is 19.5 Å². The number of nitrogens with one attached hydrogen (secondary N) is 1. The summed E-state index contributed by atoms with van der Waals surface area (Å²) in [5, 5.41) is 14.3. The molecular formula is C21H25N3O7. The maximum atomic E-state index is 12.9. The van der Waals surface area contributed by atoms with Crippen molar-refractivity contribution in [3.8, 4) is 17.2 Å². The molecule has 2 rings (SSSR count). The summed E-state index contributed by atoms with van der Waals surface area (Å²) in [6.07, 6.45) is 0. The first-order chi connectivity index (χ1) is 14.8. The Balaban J connectivity index is 2.39. The number of ether oxygens (including phenoxy) is 3. The van der Waals surface area contributed by atoms with E-state index in [-0.39, 0.29) is 28.7 Å². The van der Waals surface area contributed by atoms with Gasteiger partial charge in [-0.1, -0.05) is 0 Å². The van der Waals surface area contributed by atoms with E-state index in [1.54, 1.807) is 29.2 Å². The molecule has 0 saturated heterocycles. The largest absolute Gasteiger partial charge is 0.493 e. The summed E-state index contributed by atoms with van der Waals surface area (Å²) in [6, 6.07) is 7.49. The second kappa shape index (κ2) is 10.3. The van der Waals surface area contributed by atoms with Gasteiger partial charge in [0.2, 0.25) is 11.5 Å². The fourth-order valence-electron chi connectivity index (χ4n) is 3.08. The molecule has 0 aliphatic carbocycles. The summed E-state index contributed by atoms with van der Waals surface area (Å²) >= 11 is 0. The second-order valence-electron chi connectivity index (χ2n) is 6.31. The van der Waals surface area contributed by atoms with Gasteiger partial charge in [0, 0.05) is 30.4 Å². The van der Waals surface area contributed by atoms with Crippen LogP contribution in [0.4, 0.5) is 11.4 Å². The molecule has 0 radical (unpaired) electrons. The van der Waals surface area contributed by atoms with Gasteiger partial charge < -0.3 is 24.4 Å². The third-order valence-corrected chi connectivity index (χ3v) is 4.67. The number of rotatable bonds is 9. The van der Waals surface area contributed by atoms with E-state index in [2.05, 4.69) is 5.32 Å². The first-order valence-corrected chi connectivity index (χ1v) is 9.50. The molecule has 0 heterocycles. The van der Waals surface area contributed by atoms with Gasteiger partial charge >= 0.3 is 5.69 Å². The normalized spacial score (nSPS) is 10.2. The molecule has 0 fully saturated rings. The summed E-state index contributed by atoms with van der Waals surface area (Å²) in [5.41, 5.74) is 0.0263. The first-order valence-electron chi connectivity index (χ1n) is 9.50. The zero-order valence-electron chi connectivity index (χ0n) is 18.1. The van der Waals surface area contributed by atoms with Gasteiger partial charge in [-0.2, -0.15) is 0 Å². The lowest BCUT2D eigenvalue weighted by atomic mass is 10.1. The molecule has 0 atom stereocenters. The van der Waals surface area contributed by atoms with Gasteiger partial charge in [-0.25, -0.2) is 0 Å². The highest BCUT2D eigenvalue weighted by Gasteiger charge is 2.32. The molecule has 2 aromatic carbocycles. The van der Waals surface area contributed by atoms with Gasteiger partial charge in [0.1, 0.15) is 5.56 Å². The molecule has 0 aliphatic heterocycles. The molecule has 10 nitrogen and oxygen atoms in total. The quantitative estimate of drug-likeness (QED) is 0.477. The Hall–Kier alpha value is -3.82. The van der Waals surface area contributed by atoms with Crippen LogP contribution in [0.15, 0.2) is 30.3 Å². The van der Waals surface area contributed by atoms with Crippen molar-refractivity contribution >= 4 is 23.2 Å². The lowest BCUT2D eigenvalue weighted by Crippen LogP contribution is -2.30. The third kappa shape index (κ3) is 4.85. The number of benzene rings is 2. The number of carbonyl (C=O) groups excluding carboxylic acids is 2. The average molecular weight is 431 g/mol. The van der Waals surface area contributed by atoms with Gasteiger partial charge in [0.05, 0.1) is 26.3 Å². The van der Waals surface area contributed by atoms with Crippen LogP contribution in [0.5, 0.6) is 17.2 Å². The summed E-state index contributed by atoms with van der Waals surface area (Å²) in [6.45, 7) is 4.94. The first kappa shape index (κ1) is 23.5. The molecule has 2 aromatic rings. The van der Waals surface area contributed by atoms with E-state index in [1.807, 2.05) is 13.8 Å². The Bertz CT molecular complexity index is 970. The molecule has 10 heteroatoms. The van der Waals surface area contributed by atoms with E-state index in [1.165, 1.54) is 27.4 Å². The minimum absolute atomic E-state index is 0.00696. The zero-order chi connectivity index (χ0) is 23.1. The van der Waals surface area contributed by atoms with Crippen molar-refractivity contribution in [3.05, 3.63) is 51.6 Å². The van der Waals surface area contributed by atoms with Gasteiger partial charge in [-0.3, -0.25) is 19.7 Å². The van der Waals surface area contributed by atoms with Crippen LogP contribution in [-0.4, -0.2) is 56.1 Å². The van der Waals surface area contributed by atoms with Crippen LogP contribution in [0.2, 0.25) is 0 Å². The number of amides is 2. The number of hydrogen-bond donors (Lipinski definition) is 1. The zero-order valence-corrected chi connectivity index (χ0v) is 18.1. The molecule has 1 N–H and O–H groups in total. The van der Waals surface area contributed by atoms with Crippen molar-refractivity contribution in [3.63, 3.8) is 0 Å². The molecule has 0 spiro atoms. The molecule has 31 heavy (non-hydrogen) atoms. The maximum absolute atomic E-state index is 12.9. The minimum atomic E-state index is -0.742. The Morgan fingerprint density at radius 2 is 1.58 bits per heavy atom. The molecule has 0 aromatic heterocycles. The molecular weight excluding hydrogens is 406 g/mol. The van der Waals surface area contributed by atoms with Crippen molar-refractivity contribution in [2.45, 2.75) is 13.8 Å². The maximum Gasteiger partial charge on any atom is 0.327 e. The number of methoxy groups -OCH3 is 3. The topological polar surface area (TPSA) is 120 Å². The van der Waals surface area contributed by atoms with Crippen LogP contribution in [0.1, 0.15) is 34.6 Å². The molecule has 2 amide bonds. The van der Waals surface area contributed by atoms with Crippen LogP contribution in [0, 0.1) is 10.1 Å². The highest BCUT2D eigenvalue weighted by molar-refractivity contribution is 6.08. The lowest BCUT2D eigenvalue weighted by molar-refractivity contribution is -0.386. The summed E-state index contributed by atoms with van der Waals surface area (Å²) in [5.74, 6) is -0.975. The van der Waals surface area contributed by atoms with Crippen LogP contribution in [0.3, 0.4) is 0 Å². The highest BCUT2D eigenvalue weighted by Crippen LogP contribution is 2.46.